The minimum atomic E-state index is 0. The molecule has 10 radical (unpaired) electrons. The van der Waals surface area contributed by atoms with Gasteiger partial charge in [0.15, 0.2) is 5.90 Å². The van der Waals surface area contributed by atoms with Crippen LogP contribution in [0.2, 0.25) is 0 Å². The van der Waals surface area contributed by atoms with Gasteiger partial charge in [0.25, 0.3) is 0 Å². The summed E-state index contributed by atoms with van der Waals surface area (Å²) in [5, 5.41) is 0. The van der Waals surface area contributed by atoms with Gasteiger partial charge >= 0.3 is 0 Å². The summed E-state index contributed by atoms with van der Waals surface area (Å²) in [5.41, 5.74) is 1.21. The van der Waals surface area contributed by atoms with Gasteiger partial charge in [0.1, 0.15) is 12.6 Å². The molecular formula is C19H17FeNO. The van der Waals surface area contributed by atoms with Gasteiger partial charge in [0.05, 0.1) is 5.92 Å². The van der Waals surface area contributed by atoms with Crippen LogP contribution in [0.4, 0.5) is 0 Å². The number of ether oxygens (including phenoxy) is 1. The van der Waals surface area contributed by atoms with Crippen LogP contribution in [0.5, 0.6) is 0 Å². The summed E-state index contributed by atoms with van der Waals surface area (Å²) in [5.74, 6) is 1.83. The molecule has 0 unspecified atom stereocenters. The predicted octanol–water partition coefficient (Wildman–Crippen LogP) is 3.58. The molecule has 112 valence electrons. The third-order valence-corrected chi connectivity index (χ3v) is 3.30. The monoisotopic (exact) mass is 331 g/mol. The fraction of sp³-hybridized carbons (Fsp3) is 0.105. The van der Waals surface area contributed by atoms with E-state index >= 15 is 0 Å². The van der Waals surface area contributed by atoms with Crippen LogP contribution in [-0.4, -0.2) is 12.5 Å². The van der Waals surface area contributed by atoms with Crippen molar-refractivity contribution in [3.05, 3.63) is 99.6 Å². The van der Waals surface area contributed by atoms with E-state index in [1.54, 1.807) is 0 Å². The average Bonchev–Trinajstić information content (AvgIpc) is 3.30. The van der Waals surface area contributed by atoms with Crippen LogP contribution in [0.25, 0.3) is 0 Å². The van der Waals surface area contributed by atoms with Crippen molar-refractivity contribution in [3.8, 4) is 0 Å². The fourth-order valence-corrected chi connectivity index (χ4v) is 2.22. The first-order valence-electron chi connectivity index (χ1n) is 7.08. The van der Waals surface area contributed by atoms with E-state index in [2.05, 4.69) is 17.1 Å². The van der Waals surface area contributed by atoms with Crippen molar-refractivity contribution in [2.24, 2.45) is 4.99 Å². The maximum atomic E-state index is 5.61. The van der Waals surface area contributed by atoms with E-state index in [4.69, 9.17) is 4.74 Å². The molecule has 1 aromatic rings. The number of aliphatic imine (C=N–C) groups is 1. The van der Waals surface area contributed by atoms with E-state index in [0.717, 1.165) is 11.8 Å². The van der Waals surface area contributed by atoms with Crippen molar-refractivity contribution in [2.75, 3.05) is 6.61 Å². The molecule has 1 aliphatic heterocycles. The molecular weight excluding hydrogens is 314 g/mol. The summed E-state index contributed by atoms with van der Waals surface area (Å²) in [7, 11) is 0. The number of hydrogen-bond donors (Lipinski definition) is 0. The van der Waals surface area contributed by atoms with Crippen molar-refractivity contribution in [3.63, 3.8) is 0 Å². The number of nitrogens with zero attached hydrogens (tertiary/aromatic N) is 1. The van der Waals surface area contributed by atoms with Gasteiger partial charge in [0.2, 0.25) is 0 Å². The Morgan fingerprint density at radius 2 is 1.41 bits per heavy atom. The summed E-state index contributed by atoms with van der Waals surface area (Å²) in [4.78, 5) is 4.60. The van der Waals surface area contributed by atoms with Gasteiger partial charge in [-0.05, 0) is 63.4 Å². The third kappa shape index (κ3) is 4.86. The second-order valence-corrected chi connectivity index (χ2v) is 4.81. The van der Waals surface area contributed by atoms with E-state index < -0.39 is 0 Å². The Kier molecular flexibility index (Phi) is 7.48. The molecule has 2 fully saturated rings. The minimum Gasteiger partial charge on any atom is -0.478 e. The molecule has 0 amide bonds. The van der Waals surface area contributed by atoms with Crippen LogP contribution < -0.4 is 0 Å². The normalized spacial score (nSPS) is 24.0. The Bertz CT molecular complexity index is 442. The summed E-state index contributed by atoms with van der Waals surface area (Å²) in [6.45, 7) is 0.643. The predicted molar refractivity (Wildman–Crippen MR) is 84.5 cm³/mol. The van der Waals surface area contributed by atoms with Crippen molar-refractivity contribution in [1.82, 2.24) is 0 Å². The zero-order chi connectivity index (χ0) is 14.3. The standard InChI is InChI=1S/C14H12NO.C5H5.Fe/c1-2-6-11(7-3-1)13-10-16-14(15-13)12-8-4-5-9-12;1-2-4-5-3-1;/h1-9,13H,10H2;1-5H;/t13-;;/m0../s1. The molecule has 22 heavy (non-hydrogen) atoms. The van der Waals surface area contributed by atoms with Gasteiger partial charge in [-0.2, -0.15) is 0 Å². The smallest absolute Gasteiger partial charge is 0.192 e. The number of benzene rings is 1. The molecule has 4 rings (SSSR count). The molecule has 2 saturated carbocycles. The van der Waals surface area contributed by atoms with E-state index in [1.807, 2.05) is 76.0 Å². The molecule has 1 aromatic carbocycles. The topological polar surface area (TPSA) is 21.6 Å². The SMILES string of the molecule is [CH]1[CH][CH][CH][CH]1.[CH]1[CH][CH][C](C2=N[C@H](c3ccccc3)CO2)[CH]1.[Fe]. The summed E-state index contributed by atoms with van der Waals surface area (Å²) in [6.07, 6.45) is 18.0. The fourth-order valence-electron chi connectivity index (χ4n) is 2.22. The molecule has 3 heteroatoms. The molecule has 0 saturated heterocycles. The third-order valence-electron chi connectivity index (χ3n) is 3.30. The Labute approximate surface area is 145 Å². The molecule has 2 nitrogen and oxygen atoms in total. The first-order chi connectivity index (χ1) is 10.4. The van der Waals surface area contributed by atoms with Crippen molar-refractivity contribution < 1.29 is 21.8 Å². The van der Waals surface area contributed by atoms with Gasteiger partial charge < -0.3 is 4.74 Å². The largest absolute Gasteiger partial charge is 0.478 e. The van der Waals surface area contributed by atoms with Crippen molar-refractivity contribution in [2.45, 2.75) is 6.04 Å². The van der Waals surface area contributed by atoms with E-state index in [-0.39, 0.29) is 23.1 Å². The first-order valence-corrected chi connectivity index (χ1v) is 7.08. The maximum absolute atomic E-state index is 5.61. The number of rotatable bonds is 2. The maximum Gasteiger partial charge on any atom is 0.192 e. The second kappa shape index (κ2) is 9.37. The first kappa shape index (κ1) is 17.6. The van der Waals surface area contributed by atoms with Crippen LogP contribution in [0.1, 0.15) is 11.6 Å². The van der Waals surface area contributed by atoms with Gasteiger partial charge in [0, 0.05) is 17.1 Å². The quantitative estimate of drug-likeness (QED) is 0.759. The van der Waals surface area contributed by atoms with Gasteiger partial charge in [-0.25, -0.2) is 4.99 Å². The molecule has 3 aliphatic rings. The summed E-state index contributed by atoms with van der Waals surface area (Å²) < 4.78 is 5.61. The molecule has 2 aliphatic carbocycles. The molecule has 0 bridgehead atoms. The van der Waals surface area contributed by atoms with Crippen LogP contribution in [0, 0.1) is 63.7 Å². The van der Waals surface area contributed by atoms with Gasteiger partial charge in [-0.1, -0.05) is 30.3 Å². The minimum absolute atomic E-state index is 0. The van der Waals surface area contributed by atoms with Crippen molar-refractivity contribution in [1.29, 1.82) is 0 Å². The Morgan fingerprint density at radius 3 is 2.00 bits per heavy atom. The van der Waals surface area contributed by atoms with E-state index in [0.29, 0.717) is 6.61 Å². The average molecular weight is 331 g/mol. The Hall–Kier alpha value is -0.791. The van der Waals surface area contributed by atoms with Crippen LogP contribution >= 0.6 is 0 Å². The Morgan fingerprint density at radius 1 is 0.818 bits per heavy atom. The van der Waals surface area contributed by atoms with Crippen molar-refractivity contribution >= 4 is 5.90 Å². The zero-order valence-corrected chi connectivity index (χ0v) is 13.2. The molecule has 0 spiro atoms. The second-order valence-electron chi connectivity index (χ2n) is 4.81. The summed E-state index contributed by atoms with van der Waals surface area (Å²) in [6, 6.07) is 10.4. The van der Waals surface area contributed by atoms with Crippen LogP contribution in [0.3, 0.4) is 0 Å². The van der Waals surface area contributed by atoms with Crippen LogP contribution in [-0.2, 0) is 21.8 Å². The van der Waals surface area contributed by atoms with Gasteiger partial charge in [-0.3, -0.25) is 0 Å². The zero-order valence-electron chi connectivity index (χ0n) is 12.1. The summed E-state index contributed by atoms with van der Waals surface area (Å²) >= 11 is 0. The molecule has 1 atom stereocenters. The number of hydrogen-bond acceptors (Lipinski definition) is 2. The molecule has 0 aromatic heterocycles. The van der Waals surface area contributed by atoms with Gasteiger partial charge in [-0.15, -0.1) is 0 Å². The van der Waals surface area contributed by atoms with Crippen LogP contribution in [0.15, 0.2) is 35.3 Å². The molecule has 0 N–H and O–H groups in total. The molecule has 1 heterocycles. The van der Waals surface area contributed by atoms with E-state index in [1.165, 1.54) is 5.56 Å². The van der Waals surface area contributed by atoms with E-state index in [9.17, 15) is 0 Å². The Balaban J connectivity index is 0.000000253.